The van der Waals surface area contributed by atoms with Crippen molar-refractivity contribution < 1.29 is 9.18 Å². The normalized spacial score (nSPS) is 10.1. The zero-order valence-corrected chi connectivity index (χ0v) is 9.40. The number of carbonyl (C=O) groups is 1. The van der Waals surface area contributed by atoms with E-state index in [-0.39, 0.29) is 12.4 Å². The van der Waals surface area contributed by atoms with Crippen molar-refractivity contribution in [2.75, 3.05) is 10.6 Å². The molecule has 0 saturated carbocycles. The molecule has 0 aliphatic carbocycles. The van der Waals surface area contributed by atoms with Crippen LogP contribution in [0, 0.1) is 5.82 Å². The van der Waals surface area contributed by atoms with Crippen molar-refractivity contribution in [2.24, 2.45) is 5.73 Å². The zero-order valence-electron chi connectivity index (χ0n) is 9.40. The van der Waals surface area contributed by atoms with E-state index >= 15 is 0 Å². The first kappa shape index (κ1) is 12.1. The van der Waals surface area contributed by atoms with E-state index in [0.717, 1.165) is 0 Å². The number of halogens is 1. The van der Waals surface area contributed by atoms with Crippen LogP contribution in [-0.2, 0) is 6.54 Å². The summed E-state index contributed by atoms with van der Waals surface area (Å²) in [5.41, 5.74) is 6.65. The van der Waals surface area contributed by atoms with Gasteiger partial charge in [-0.2, -0.15) is 5.10 Å². The first-order chi connectivity index (χ1) is 8.69. The van der Waals surface area contributed by atoms with Crippen LogP contribution >= 0.6 is 0 Å². The summed E-state index contributed by atoms with van der Waals surface area (Å²) in [5, 5.41) is 11.5. The Morgan fingerprint density at radius 1 is 1.33 bits per heavy atom. The van der Waals surface area contributed by atoms with Crippen molar-refractivity contribution in [3.05, 3.63) is 41.8 Å². The third-order valence-corrected chi connectivity index (χ3v) is 2.28. The van der Waals surface area contributed by atoms with E-state index in [9.17, 15) is 9.18 Å². The molecule has 0 unspecified atom stereocenters. The minimum atomic E-state index is -0.458. The van der Waals surface area contributed by atoms with E-state index in [1.807, 2.05) is 0 Å². The van der Waals surface area contributed by atoms with Gasteiger partial charge in [0, 0.05) is 17.8 Å². The minimum absolute atomic E-state index is 0.267. The fraction of sp³-hybridized carbons (Fsp3) is 0.0909. The van der Waals surface area contributed by atoms with Gasteiger partial charge in [0.1, 0.15) is 11.6 Å². The molecule has 0 bridgehead atoms. The molecule has 0 radical (unpaired) electrons. The highest BCUT2D eigenvalue weighted by molar-refractivity contribution is 5.99. The molecule has 2 amide bonds. The van der Waals surface area contributed by atoms with E-state index in [1.165, 1.54) is 30.5 Å². The van der Waals surface area contributed by atoms with Crippen LogP contribution in [-0.4, -0.2) is 16.2 Å². The highest BCUT2D eigenvalue weighted by atomic mass is 19.1. The first-order valence-corrected chi connectivity index (χ1v) is 5.25. The van der Waals surface area contributed by atoms with Gasteiger partial charge in [0.05, 0.1) is 6.20 Å². The average molecular weight is 249 g/mol. The fourth-order valence-electron chi connectivity index (χ4n) is 1.38. The number of hydrogen-bond donors (Lipinski definition) is 4. The predicted molar refractivity (Wildman–Crippen MR) is 65.5 cm³/mol. The number of benzene rings is 1. The summed E-state index contributed by atoms with van der Waals surface area (Å²) in [6.45, 7) is 0.267. The van der Waals surface area contributed by atoms with Crippen LogP contribution < -0.4 is 16.4 Å². The third-order valence-electron chi connectivity index (χ3n) is 2.28. The molecule has 0 aliphatic heterocycles. The Hall–Kier alpha value is -2.41. The number of carbonyl (C=O) groups excluding carboxylic acids is 1. The number of rotatable bonds is 3. The van der Waals surface area contributed by atoms with Gasteiger partial charge in [-0.05, 0) is 24.3 Å². The van der Waals surface area contributed by atoms with Gasteiger partial charge >= 0.3 is 6.03 Å². The van der Waals surface area contributed by atoms with Gasteiger partial charge in [-0.3, -0.25) is 10.4 Å². The maximum atomic E-state index is 12.7. The summed E-state index contributed by atoms with van der Waals surface area (Å²) in [7, 11) is 0. The van der Waals surface area contributed by atoms with E-state index in [2.05, 4.69) is 20.8 Å². The maximum absolute atomic E-state index is 12.7. The molecule has 7 heteroatoms. The number of aromatic nitrogens is 2. The number of anilines is 2. The molecule has 18 heavy (non-hydrogen) atoms. The Balaban J connectivity index is 1.99. The number of nitrogens with two attached hydrogens (primary N) is 1. The molecule has 0 fully saturated rings. The lowest BCUT2D eigenvalue weighted by atomic mass is 10.3. The summed E-state index contributed by atoms with van der Waals surface area (Å²) in [6, 6.07) is 4.99. The van der Waals surface area contributed by atoms with E-state index in [0.29, 0.717) is 17.1 Å². The summed E-state index contributed by atoms with van der Waals surface area (Å²) in [5.74, 6) is 0.0806. The van der Waals surface area contributed by atoms with E-state index in [4.69, 9.17) is 5.73 Å². The smallest absolute Gasteiger partial charge is 0.324 e. The van der Waals surface area contributed by atoms with Crippen LogP contribution in [0.15, 0.2) is 30.5 Å². The van der Waals surface area contributed by atoms with Gasteiger partial charge in [-0.1, -0.05) is 0 Å². The van der Waals surface area contributed by atoms with E-state index in [1.54, 1.807) is 0 Å². The molecule has 1 aromatic heterocycles. The monoisotopic (exact) mass is 249 g/mol. The summed E-state index contributed by atoms with van der Waals surface area (Å²) < 4.78 is 12.7. The van der Waals surface area contributed by atoms with Gasteiger partial charge in [-0.25, -0.2) is 9.18 Å². The van der Waals surface area contributed by atoms with Gasteiger partial charge in [-0.15, -0.1) is 0 Å². The quantitative estimate of drug-likeness (QED) is 0.666. The highest BCUT2D eigenvalue weighted by Gasteiger charge is 2.07. The molecule has 2 aromatic rings. The molecule has 6 nitrogen and oxygen atoms in total. The van der Waals surface area contributed by atoms with Crippen LogP contribution in [0.4, 0.5) is 20.7 Å². The van der Waals surface area contributed by atoms with Crippen molar-refractivity contribution in [3.8, 4) is 0 Å². The maximum Gasteiger partial charge on any atom is 0.324 e. The van der Waals surface area contributed by atoms with Gasteiger partial charge in [0.25, 0.3) is 0 Å². The summed E-state index contributed by atoms with van der Waals surface area (Å²) >= 11 is 0. The summed E-state index contributed by atoms with van der Waals surface area (Å²) in [6.07, 6.45) is 1.54. The Morgan fingerprint density at radius 3 is 2.72 bits per heavy atom. The number of nitrogens with one attached hydrogen (secondary N) is 3. The highest BCUT2D eigenvalue weighted by Crippen LogP contribution is 2.12. The van der Waals surface area contributed by atoms with Crippen LogP contribution in [0.25, 0.3) is 0 Å². The predicted octanol–water partition coefficient (Wildman–Crippen LogP) is 1.65. The first-order valence-electron chi connectivity index (χ1n) is 5.25. The molecule has 0 saturated heterocycles. The lowest BCUT2D eigenvalue weighted by molar-refractivity contribution is 0.262. The lowest BCUT2D eigenvalue weighted by Gasteiger charge is -2.07. The van der Waals surface area contributed by atoms with Gasteiger partial charge in [0.15, 0.2) is 0 Å². The van der Waals surface area contributed by atoms with Crippen molar-refractivity contribution in [1.82, 2.24) is 10.2 Å². The van der Waals surface area contributed by atoms with Crippen molar-refractivity contribution in [3.63, 3.8) is 0 Å². The Kier molecular flexibility index (Phi) is 3.54. The molecular weight excluding hydrogens is 237 g/mol. The van der Waals surface area contributed by atoms with Crippen LogP contribution in [0.3, 0.4) is 0 Å². The Labute approximate surface area is 102 Å². The topological polar surface area (TPSA) is 95.8 Å². The molecule has 0 spiro atoms. The minimum Gasteiger partial charge on any atom is -0.326 e. The number of aromatic amines is 1. The van der Waals surface area contributed by atoms with Crippen molar-refractivity contribution in [2.45, 2.75) is 6.54 Å². The van der Waals surface area contributed by atoms with Gasteiger partial charge < -0.3 is 11.1 Å². The molecule has 94 valence electrons. The molecule has 1 aromatic carbocycles. The standard InChI is InChI=1S/C11H12FN5O/c12-8-1-3-9(4-2-8)15-11(18)16-10-7(5-13)6-14-17-10/h1-4,6H,5,13H2,(H3,14,15,16,17,18). The van der Waals surface area contributed by atoms with Crippen LogP contribution in [0.1, 0.15) is 5.56 Å². The number of hydrogen-bond acceptors (Lipinski definition) is 3. The number of urea groups is 1. The molecule has 5 N–H and O–H groups in total. The molecular formula is C11H12FN5O. The van der Waals surface area contributed by atoms with E-state index < -0.39 is 6.03 Å². The fourth-order valence-corrected chi connectivity index (χ4v) is 1.38. The number of amides is 2. The van der Waals surface area contributed by atoms with Gasteiger partial charge in [0.2, 0.25) is 0 Å². The second-order valence-electron chi connectivity index (χ2n) is 3.56. The Bertz CT molecular complexity index is 537. The molecule has 0 atom stereocenters. The summed E-state index contributed by atoms with van der Waals surface area (Å²) in [4.78, 5) is 11.6. The second-order valence-corrected chi connectivity index (χ2v) is 3.56. The zero-order chi connectivity index (χ0) is 13.0. The molecule has 0 aliphatic rings. The third kappa shape index (κ3) is 2.83. The van der Waals surface area contributed by atoms with Crippen molar-refractivity contribution >= 4 is 17.5 Å². The second kappa shape index (κ2) is 5.28. The van der Waals surface area contributed by atoms with Crippen LogP contribution in [0.2, 0.25) is 0 Å². The Morgan fingerprint density at radius 2 is 2.06 bits per heavy atom. The largest absolute Gasteiger partial charge is 0.326 e. The van der Waals surface area contributed by atoms with Crippen molar-refractivity contribution in [1.29, 1.82) is 0 Å². The number of H-pyrrole nitrogens is 1. The van der Waals surface area contributed by atoms with Crippen LogP contribution in [0.5, 0.6) is 0 Å². The SMILES string of the molecule is NCc1cn[nH]c1NC(=O)Nc1ccc(F)cc1. The average Bonchev–Trinajstić information content (AvgIpc) is 2.79. The molecule has 2 rings (SSSR count). The molecule has 1 heterocycles. The number of nitrogens with zero attached hydrogens (tertiary/aromatic N) is 1. The lowest BCUT2D eigenvalue weighted by Crippen LogP contribution is -2.20.